The number of rotatable bonds is 5. The summed E-state index contributed by atoms with van der Waals surface area (Å²) in [5, 5.41) is 3.46. The molecule has 1 fully saturated rings. The van der Waals surface area contributed by atoms with Gasteiger partial charge in [-0.2, -0.15) is 0 Å². The highest BCUT2D eigenvalue weighted by Crippen LogP contribution is 2.19. The van der Waals surface area contributed by atoms with Crippen LogP contribution in [0.2, 0.25) is 0 Å². The zero-order chi connectivity index (χ0) is 14.2. The van der Waals surface area contributed by atoms with E-state index in [9.17, 15) is 0 Å². The molecule has 0 spiro atoms. The van der Waals surface area contributed by atoms with E-state index in [1.807, 2.05) is 0 Å². The number of aryl methyl sites for hydroxylation is 1. The Morgan fingerprint density at radius 3 is 2.45 bits per heavy atom. The zero-order valence-corrected chi connectivity index (χ0v) is 13.1. The summed E-state index contributed by atoms with van der Waals surface area (Å²) in [5.41, 5.74) is 2.50. The molecule has 20 heavy (non-hydrogen) atoms. The molecule has 3 nitrogen and oxygen atoms in total. The van der Waals surface area contributed by atoms with Crippen molar-refractivity contribution >= 4 is 5.82 Å². The van der Waals surface area contributed by atoms with Gasteiger partial charge in [0.15, 0.2) is 0 Å². The van der Waals surface area contributed by atoms with E-state index in [2.05, 4.69) is 36.2 Å². The lowest BCUT2D eigenvalue weighted by atomic mass is 10.1. The molecule has 112 valence electrons. The predicted molar refractivity (Wildman–Crippen MR) is 86.3 cm³/mol. The SMILES string of the molecule is CCCNCc1ccc(N2CCCCCCC2)nc1C. The van der Waals surface area contributed by atoms with Crippen LogP contribution in [0.25, 0.3) is 0 Å². The van der Waals surface area contributed by atoms with Crippen LogP contribution in [-0.4, -0.2) is 24.6 Å². The van der Waals surface area contributed by atoms with Crippen LogP contribution in [0.4, 0.5) is 5.82 Å². The van der Waals surface area contributed by atoms with Crippen LogP contribution < -0.4 is 10.2 Å². The van der Waals surface area contributed by atoms with Gasteiger partial charge in [0.1, 0.15) is 5.82 Å². The van der Waals surface area contributed by atoms with Crippen LogP contribution in [-0.2, 0) is 6.54 Å². The highest BCUT2D eigenvalue weighted by Gasteiger charge is 2.11. The molecule has 0 unspecified atom stereocenters. The molecule has 0 saturated carbocycles. The Labute approximate surface area is 123 Å². The quantitative estimate of drug-likeness (QED) is 0.831. The van der Waals surface area contributed by atoms with Gasteiger partial charge in [0.25, 0.3) is 0 Å². The van der Waals surface area contributed by atoms with E-state index in [1.54, 1.807) is 0 Å². The minimum absolute atomic E-state index is 0.937. The smallest absolute Gasteiger partial charge is 0.128 e. The fourth-order valence-electron chi connectivity index (χ4n) is 2.82. The average molecular weight is 275 g/mol. The molecule has 0 bridgehead atoms. The zero-order valence-electron chi connectivity index (χ0n) is 13.1. The normalized spacial score (nSPS) is 16.8. The van der Waals surface area contributed by atoms with Crippen molar-refractivity contribution in [2.75, 3.05) is 24.5 Å². The summed E-state index contributed by atoms with van der Waals surface area (Å²) in [6.07, 6.45) is 7.94. The topological polar surface area (TPSA) is 28.2 Å². The first-order valence-electron chi connectivity index (χ1n) is 8.23. The summed E-state index contributed by atoms with van der Waals surface area (Å²) in [5.74, 6) is 1.17. The molecule has 0 atom stereocenters. The highest BCUT2D eigenvalue weighted by molar-refractivity contribution is 5.41. The Hall–Kier alpha value is -1.09. The summed E-state index contributed by atoms with van der Waals surface area (Å²) in [4.78, 5) is 7.30. The second kappa shape index (κ2) is 8.25. The van der Waals surface area contributed by atoms with Gasteiger partial charge in [0.2, 0.25) is 0 Å². The molecule has 1 aromatic rings. The van der Waals surface area contributed by atoms with Gasteiger partial charge in [-0.15, -0.1) is 0 Å². The van der Waals surface area contributed by atoms with Gasteiger partial charge in [-0.3, -0.25) is 0 Å². The first-order valence-corrected chi connectivity index (χ1v) is 8.23. The summed E-state index contributed by atoms with van der Waals surface area (Å²) in [6, 6.07) is 4.46. The average Bonchev–Trinajstić information content (AvgIpc) is 2.40. The van der Waals surface area contributed by atoms with Crippen LogP contribution >= 0.6 is 0 Å². The molecular weight excluding hydrogens is 246 g/mol. The first kappa shape index (κ1) is 15.3. The largest absolute Gasteiger partial charge is 0.357 e. The summed E-state index contributed by atoms with van der Waals surface area (Å²) >= 11 is 0. The third-order valence-corrected chi connectivity index (χ3v) is 4.10. The summed E-state index contributed by atoms with van der Waals surface area (Å²) < 4.78 is 0. The highest BCUT2D eigenvalue weighted by atomic mass is 15.2. The van der Waals surface area contributed by atoms with Gasteiger partial charge in [-0.05, 0) is 44.4 Å². The number of pyridine rings is 1. The number of nitrogens with one attached hydrogen (secondary N) is 1. The minimum atomic E-state index is 0.937. The molecule has 3 heteroatoms. The van der Waals surface area contributed by atoms with Crippen molar-refractivity contribution in [2.45, 2.75) is 58.9 Å². The van der Waals surface area contributed by atoms with E-state index in [1.165, 1.54) is 68.7 Å². The lowest BCUT2D eigenvalue weighted by Gasteiger charge is -2.26. The molecule has 1 N–H and O–H groups in total. The standard InChI is InChI=1S/C17H29N3/c1-3-11-18-14-16-9-10-17(19-15(16)2)20-12-7-5-4-6-8-13-20/h9-10,18H,3-8,11-14H2,1-2H3. The number of nitrogens with zero attached hydrogens (tertiary/aromatic N) is 2. The fraction of sp³-hybridized carbons (Fsp3) is 0.706. The second-order valence-corrected chi connectivity index (χ2v) is 5.85. The molecular formula is C17H29N3. The lowest BCUT2D eigenvalue weighted by Crippen LogP contribution is -2.28. The Balaban J connectivity index is 1.99. The third-order valence-electron chi connectivity index (χ3n) is 4.10. The van der Waals surface area contributed by atoms with Crippen LogP contribution in [0.1, 0.15) is 56.7 Å². The Kier molecular flexibility index (Phi) is 6.31. The van der Waals surface area contributed by atoms with Gasteiger partial charge in [-0.25, -0.2) is 4.98 Å². The molecule has 2 rings (SSSR count). The molecule has 2 heterocycles. The monoisotopic (exact) mass is 275 g/mol. The Morgan fingerprint density at radius 1 is 1.10 bits per heavy atom. The third kappa shape index (κ3) is 4.48. The number of aromatic nitrogens is 1. The minimum Gasteiger partial charge on any atom is -0.357 e. The molecule has 0 amide bonds. The van der Waals surface area contributed by atoms with Crippen LogP contribution in [0.15, 0.2) is 12.1 Å². The second-order valence-electron chi connectivity index (χ2n) is 5.85. The van der Waals surface area contributed by atoms with Crippen molar-refractivity contribution in [1.82, 2.24) is 10.3 Å². The van der Waals surface area contributed by atoms with E-state index in [0.29, 0.717) is 0 Å². The summed E-state index contributed by atoms with van der Waals surface area (Å²) in [6.45, 7) is 8.68. The van der Waals surface area contributed by atoms with E-state index >= 15 is 0 Å². The number of hydrogen-bond donors (Lipinski definition) is 1. The van der Waals surface area contributed by atoms with Gasteiger partial charge in [-0.1, -0.05) is 32.3 Å². The van der Waals surface area contributed by atoms with Crippen LogP contribution in [0.5, 0.6) is 0 Å². The van der Waals surface area contributed by atoms with E-state index in [0.717, 1.165) is 13.1 Å². The molecule has 1 aliphatic rings. The first-order chi connectivity index (χ1) is 9.81. The Bertz CT molecular complexity index is 395. The molecule has 0 radical (unpaired) electrons. The van der Waals surface area contributed by atoms with Crippen molar-refractivity contribution in [1.29, 1.82) is 0 Å². The molecule has 1 aliphatic heterocycles. The fourth-order valence-corrected chi connectivity index (χ4v) is 2.82. The van der Waals surface area contributed by atoms with Crippen molar-refractivity contribution in [2.24, 2.45) is 0 Å². The maximum atomic E-state index is 4.83. The van der Waals surface area contributed by atoms with Crippen molar-refractivity contribution < 1.29 is 0 Å². The van der Waals surface area contributed by atoms with Gasteiger partial charge >= 0.3 is 0 Å². The molecule has 0 aromatic carbocycles. The van der Waals surface area contributed by atoms with Gasteiger partial charge < -0.3 is 10.2 Å². The van der Waals surface area contributed by atoms with Gasteiger partial charge in [0, 0.05) is 25.3 Å². The van der Waals surface area contributed by atoms with Gasteiger partial charge in [0.05, 0.1) is 0 Å². The van der Waals surface area contributed by atoms with Crippen molar-refractivity contribution in [3.63, 3.8) is 0 Å². The predicted octanol–water partition coefficient (Wildman–Crippen LogP) is 3.66. The van der Waals surface area contributed by atoms with Crippen molar-refractivity contribution in [3.8, 4) is 0 Å². The van der Waals surface area contributed by atoms with Crippen molar-refractivity contribution in [3.05, 3.63) is 23.4 Å². The van der Waals surface area contributed by atoms with E-state index in [4.69, 9.17) is 4.98 Å². The van der Waals surface area contributed by atoms with Crippen LogP contribution in [0.3, 0.4) is 0 Å². The van der Waals surface area contributed by atoms with E-state index in [-0.39, 0.29) is 0 Å². The number of anilines is 1. The lowest BCUT2D eigenvalue weighted by molar-refractivity contribution is 0.553. The molecule has 1 aromatic heterocycles. The van der Waals surface area contributed by atoms with E-state index < -0.39 is 0 Å². The number of hydrogen-bond acceptors (Lipinski definition) is 3. The maximum Gasteiger partial charge on any atom is 0.128 e. The van der Waals surface area contributed by atoms with Crippen LogP contribution in [0, 0.1) is 6.92 Å². The molecule has 1 saturated heterocycles. The summed E-state index contributed by atoms with van der Waals surface area (Å²) in [7, 11) is 0. The maximum absolute atomic E-state index is 4.83. The Morgan fingerprint density at radius 2 is 1.80 bits per heavy atom. The molecule has 0 aliphatic carbocycles.